The minimum absolute atomic E-state index is 0.626. The summed E-state index contributed by atoms with van der Waals surface area (Å²) in [7, 11) is 0. The molecule has 78 valence electrons. The molecule has 0 aromatic carbocycles. The molecule has 0 bridgehead atoms. The molecular formula is C14H22. The van der Waals surface area contributed by atoms with Gasteiger partial charge < -0.3 is 0 Å². The first-order valence-electron chi connectivity index (χ1n) is 5.73. The Kier molecular flexibility index (Phi) is 4.19. The Morgan fingerprint density at radius 2 is 2.00 bits per heavy atom. The van der Waals surface area contributed by atoms with Gasteiger partial charge in [-0.25, -0.2) is 0 Å². The van der Waals surface area contributed by atoms with Crippen LogP contribution in [0.1, 0.15) is 39.5 Å². The van der Waals surface area contributed by atoms with Crippen LogP contribution in [-0.4, -0.2) is 0 Å². The van der Waals surface area contributed by atoms with Crippen LogP contribution in [0.2, 0.25) is 0 Å². The van der Waals surface area contributed by atoms with Gasteiger partial charge in [-0.05, 0) is 42.2 Å². The first kappa shape index (κ1) is 11.3. The van der Waals surface area contributed by atoms with Crippen LogP contribution in [-0.2, 0) is 0 Å². The Hall–Kier alpha value is -0.780. The molecule has 1 aliphatic rings. The second-order valence-corrected chi connectivity index (χ2v) is 4.26. The molecule has 1 fully saturated rings. The van der Waals surface area contributed by atoms with Crippen LogP contribution < -0.4 is 0 Å². The highest BCUT2D eigenvalue weighted by Gasteiger charge is 2.23. The van der Waals surface area contributed by atoms with Gasteiger partial charge in [0.2, 0.25) is 0 Å². The Bertz CT molecular complexity index is 222. The van der Waals surface area contributed by atoms with Crippen molar-refractivity contribution in [3.05, 3.63) is 36.5 Å². The molecule has 1 atom stereocenters. The van der Waals surface area contributed by atoms with Crippen molar-refractivity contribution in [2.45, 2.75) is 39.5 Å². The summed E-state index contributed by atoms with van der Waals surface area (Å²) in [6, 6.07) is 0. The Balaban J connectivity index is 2.91. The maximum atomic E-state index is 3.94. The fourth-order valence-corrected chi connectivity index (χ4v) is 2.06. The van der Waals surface area contributed by atoms with Gasteiger partial charge in [0.15, 0.2) is 0 Å². The minimum atomic E-state index is 0.626. The van der Waals surface area contributed by atoms with Gasteiger partial charge in [-0.3, -0.25) is 0 Å². The van der Waals surface area contributed by atoms with E-state index in [-0.39, 0.29) is 0 Å². The van der Waals surface area contributed by atoms with Crippen molar-refractivity contribution >= 4 is 0 Å². The van der Waals surface area contributed by atoms with E-state index in [0.29, 0.717) is 5.92 Å². The highest BCUT2D eigenvalue weighted by Crippen LogP contribution is 2.37. The van der Waals surface area contributed by atoms with Crippen LogP contribution in [0, 0.1) is 11.8 Å². The molecule has 1 unspecified atom stereocenters. The smallest absolute Gasteiger partial charge is 0.0159 e. The molecule has 0 amide bonds. The van der Waals surface area contributed by atoms with E-state index < -0.39 is 0 Å². The molecule has 0 heterocycles. The monoisotopic (exact) mass is 190 g/mol. The van der Waals surface area contributed by atoms with Gasteiger partial charge in [-0.2, -0.15) is 0 Å². The summed E-state index contributed by atoms with van der Waals surface area (Å²) in [5.41, 5.74) is 2.88. The van der Waals surface area contributed by atoms with Crippen LogP contribution in [0.25, 0.3) is 0 Å². The predicted octanol–water partition coefficient (Wildman–Crippen LogP) is 4.50. The van der Waals surface area contributed by atoms with Crippen LogP contribution in [0.3, 0.4) is 0 Å². The largest absolute Gasteiger partial charge is 0.0988 e. The molecule has 14 heavy (non-hydrogen) atoms. The van der Waals surface area contributed by atoms with Crippen LogP contribution >= 0.6 is 0 Å². The highest BCUT2D eigenvalue weighted by molar-refractivity contribution is 5.35. The van der Waals surface area contributed by atoms with Crippen LogP contribution in [0.5, 0.6) is 0 Å². The summed E-state index contributed by atoms with van der Waals surface area (Å²) in [6.45, 7) is 12.4. The molecule has 0 heteroatoms. The topological polar surface area (TPSA) is 0 Å². The average Bonchev–Trinajstić information content (AvgIpc) is 2.13. The molecule has 0 saturated heterocycles. The fraction of sp³-hybridized carbons (Fsp3) is 0.571. The van der Waals surface area contributed by atoms with Crippen LogP contribution in [0.15, 0.2) is 36.5 Å². The summed E-state index contributed by atoms with van der Waals surface area (Å²) >= 11 is 0. The fourth-order valence-electron chi connectivity index (χ4n) is 2.06. The number of allylic oxidation sites excluding steroid dienone is 4. The van der Waals surface area contributed by atoms with Gasteiger partial charge in [-0.15, -0.1) is 0 Å². The van der Waals surface area contributed by atoms with Crippen molar-refractivity contribution in [3.8, 4) is 0 Å². The Morgan fingerprint density at radius 3 is 2.29 bits per heavy atom. The normalized spacial score (nSPS) is 20.7. The van der Waals surface area contributed by atoms with Gasteiger partial charge in [0.25, 0.3) is 0 Å². The maximum absolute atomic E-state index is 3.94. The summed E-state index contributed by atoms with van der Waals surface area (Å²) in [4.78, 5) is 0. The average molecular weight is 190 g/mol. The lowest BCUT2D eigenvalue weighted by molar-refractivity contribution is 0.370. The molecule has 1 aliphatic carbocycles. The first-order valence-corrected chi connectivity index (χ1v) is 5.73. The van der Waals surface area contributed by atoms with E-state index in [2.05, 4.69) is 27.0 Å². The quantitative estimate of drug-likeness (QED) is 0.560. The van der Waals surface area contributed by atoms with E-state index in [1.54, 1.807) is 0 Å². The van der Waals surface area contributed by atoms with Crippen molar-refractivity contribution in [1.29, 1.82) is 0 Å². The Labute approximate surface area is 88.4 Å². The van der Waals surface area contributed by atoms with E-state index in [4.69, 9.17) is 0 Å². The van der Waals surface area contributed by atoms with Gasteiger partial charge in [0, 0.05) is 0 Å². The van der Waals surface area contributed by atoms with E-state index in [0.717, 1.165) is 5.92 Å². The molecule has 1 saturated carbocycles. The molecule has 0 N–H and O–H groups in total. The zero-order chi connectivity index (χ0) is 10.6. The lowest BCUT2D eigenvalue weighted by Gasteiger charge is -2.29. The molecular weight excluding hydrogens is 168 g/mol. The van der Waals surface area contributed by atoms with E-state index in [1.807, 2.05) is 12.2 Å². The Morgan fingerprint density at radius 1 is 1.36 bits per heavy atom. The SMILES string of the molecule is C=C/C(=C(\C=C)C1CCC1)C(C)CC. The third kappa shape index (κ3) is 2.17. The number of rotatable bonds is 5. The lowest BCUT2D eigenvalue weighted by atomic mass is 9.76. The summed E-state index contributed by atoms with van der Waals surface area (Å²) in [5, 5.41) is 0. The molecule has 0 radical (unpaired) electrons. The van der Waals surface area contributed by atoms with Crippen molar-refractivity contribution < 1.29 is 0 Å². The van der Waals surface area contributed by atoms with E-state index in [9.17, 15) is 0 Å². The van der Waals surface area contributed by atoms with Crippen molar-refractivity contribution in [1.82, 2.24) is 0 Å². The zero-order valence-corrected chi connectivity index (χ0v) is 9.55. The molecule has 0 nitrogen and oxygen atoms in total. The van der Waals surface area contributed by atoms with Crippen molar-refractivity contribution in [2.24, 2.45) is 11.8 Å². The van der Waals surface area contributed by atoms with Crippen LogP contribution in [0.4, 0.5) is 0 Å². The zero-order valence-electron chi connectivity index (χ0n) is 9.55. The third-order valence-electron chi connectivity index (χ3n) is 3.46. The number of hydrogen-bond donors (Lipinski definition) is 0. The van der Waals surface area contributed by atoms with Gasteiger partial charge in [-0.1, -0.05) is 45.6 Å². The molecule has 0 aromatic rings. The predicted molar refractivity (Wildman–Crippen MR) is 64.2 cm³/mol. The summed E-state index contributed by atoms with van der Waals surface area (Å²) in [5.74, 6) is 1.40. The lowest BCUT2D eigenvalue weighted by Crippen LogP contribution is -2.15. The number of hydrogen-bond acceptors (Lipinski definition) is 0. The minimum Gasteiger partial charge on any atom is -0.0988 e. The highest BCUT2D eigenvalue weighted by atomic mass is 14.3. The molecule has 1 rings (SSSR count). The van der Waals surface area contributed by atoms with Gasteiger partial charge in [0.1, 0.15) is 0 Å². The second kappa shape index (κ2) is 5.19. The van der Waals surface area contributed by atoms with Crippen molar-refractivity contribution in [3.63, 3.8) is 0 Å². The van der Waals surface area contributed by atoms with E-state index >= 15 is 0 Å². The molecule has 0 aromatic heterocycles. The standard InChI is InChI=1S/C14H22/c1-5-11(4)13(6-2)14(7-3)12-9-8-10-12/h6-7,11-12H,2-3,5,8-10H2,1,4H3/b14-13-. The molecule has 0 aliphatic heterocycles. The molecule has 0 spiro atoms. The second-order valence-electron chi connectivity index (χ2n) is 4.26. The maximum Gasteiger partial charge on any atom is -0.0159 e. The van der Waals surface area contributed by atoms with Crippen molar-refractivity contribution in [2.75, 3.05) is 0 Å². The summed E-state index contributed by atoms with van der Waals surface area (Å²) < 4.78 is 0. The van der Waals surface area contributed by atoms with E-state index in [1.165, 1.54) is 36.8 Å². The summed E-state index contributed by atoms with van der Waals surface area (Å²) in [6.07, 6.45) is 9.33. The van der Waals surface area contributed by atoms with Gasteiger partial charge >= 0.3 is 0 Å². The third-order valence-corrected chi connectivity index (χ3v) is 3.46. The van der Waals surface area contributed by atoms with Gasteiger partial charge in [0.05, 0.1) is 0 Å². The first-order chi connectivity index (χ1) is 6.74.